The molecule has 0 aliphatic heterocycles. The van der Waals surface area contributed by atoms with Crippen molar-refractivity contribution in [3.8, 4) is 0 Å². The highest BCUT2D eigenvalue weighted by molar-refractivity contribution is 7.88. The van der Waals surface area contributed by atoms with Gasteiger partial charge in [-0.25, -0.2) is 13.1 Å². The monoisotopic (exact) mass is 306 g/mol. The van der Waals surface area contributed by atoms with Crippen LogP contribution in [0.3, 0.4) is 0 Å². The summed E-state index contributed by atoms with van der Waals surface area (Å²) in [6, 6.07) is 0.0650. The first kappa shape index (κ1) is 17.2. The molecule has 20 heavy (non-hydrogen) atoms. The summed E-state index contributed by atoms with van der Waals surface area (Å²) >= 11 is 0. The highest BCUT2D eigenvalue weighted by atomic mass is 32.2. The number of hydrogen-bond donors (Lipinski definition) is 3. The second kappa shape index (κ2) is 7.80. The van der Waals surface area contributed by atoms with Crippen LogP contribution in [0, 0.1) is 5.92 Å². The average Bonchev–Trinajstić information content (AvgIpc) is 2.71. The van der Waals surface area contributed by atoms with E-state index < -0.39 is 10.0 Å². The van der Waals surface area contributed by atoms with E-state index in [2.05, 4.69) is 15.0 Å². The van der Waals surface area contributed by atoms with Gasteiger partial charge in [0.25, 0.3) is 0 Å². The lowest BCUT2D eigenvalue weighted by Gasteiger charge is -2.19. The Morgan fingerprint density at radius 2 is 2.20 bits per heavy atom. The van der Waals surface area contributed by atoms with E-state index >= 15 is 0 Å². The van der Waals surface area contributed by atoms with Crippen LogP contribution < -0.4 is 15.8 Å². The highest BCUT2D eigenvalue weighted by Gasteiger charge is 2.29. The first-order valence-electron chi connectivity index (χ1n) is 6.84. The number of ether oxygens (including phenoxy) is 1. The SMILES string of the molecule is COCC(C)NC(N)=NCC1CCCC1NS(C)(=O)=O. The van der Waals surface area contributed by atoms with E-state index in [1.165, 1.54) is 6.26 Å². The van der Waals surface area contributed by atoms with Crippen molar-refractivity contribution < 1.29 is 13.2 Å². The van der Waals surface area contributed by atoms with E-state index in [0.717, 1.165) is 19.3 Å². The Morgan fingerprint density at radius 3 is 2.80 bits per heavy atom. The van der Waals surface area contributed by atoms with Crippen molar-refractivity contribution in [3.63, 3.8) is 0 Å². The molecule has 1 fully saturated rings. The minimum atomic E-state index is -3.17. The van der Waals surface area contributed by atoms with Crippen LogP contribution in [-0.2, 0) is 14.8 Å². The van der Waals surface area contributed by atoms with Gasteiger partial charge in [0, 0.05) is 25.7 Å². The van der Waals surface area contributed by atoms with Gasteiger partial charge in [0.15, 0.2) is 5.96 Å². The normalized spacial score (nSPS) is 25.6. The van der Waals surface area contributed by atoms with Crippen molar-refractivity contribution in [1.29, 1.82) is 0 Å². The minimum Gasteiger partial charge on any atom is -0.383 e. The molecule has 0 radical (unpaired) electrons. The molecule has 1 aliphatic carbocycles. The average molecular weight is 306 g/mol. The zero-order chi connectivity index (χ0) is 15.2. The zero-order valence-corrected chi connectivity index (χ0v) is 13.2. The second-order valence-electron chi connectivity index (χ2n) is 5.41. The molecule has 7 nitrogen and oxygen atoms in total. The maximum Gasteiger partial charge on any atom is 0.208 e. The van der Waals surface area contributed by atoms with Crippen LogP contribution in [0.5, 0.6) is 0 Å². The molecule has 1 aliphatic rings. The third-order valence-electron chi connectivity index (χ3n) is 3.33. The predicted molar refractivity (Wildman–Crippen MR) is 80.1 cm³/mol. The van der Waals surface area contributed by atoms with Crippen molar-refractivity contribution in [1.82, 2.24) is 10.0 Å². The molecule has 0 bridgehead atoms. The van der Waals surface area contributed by atoms with Gasteiger partial charge >= 0.3 is 0 Å². The molecular formula is C12H26N4O3S. The molecule has 1 saturated carbocycles. The maximum atomic E-state index is 11.3. The Balaban J connectivity index is 2.46. The summed E-state index contributed by atoms with van der Waals surface area (Å²) in [6.07, 6.45) is 4.03. The third-order valence-corrected chi connectivity index (χ3v) is 4.06. The van der Waals surface area contributed by atoms with Crippen molar-refractivity contribution in [2.75, 3.05) is 26.5 Å². The van der Waals surface area contributed by atoms with Crippen LogP contribution in [0.4, 0.5) is 0 Å². The van der Waals surface area contributed by atoms with E-state index in [4.69, 9.17) is 10.5 Å². The van der Waals surface area contributed by atoms with Crippen LogP contribution in [0.1, 0.15) is 26.2 Å². The van der Waals surface area contributed by atoms with E-state index in [1.807, 2.05) is 6.92 Å². The quantitative estimate of drug-likeness (QED) is 0.440. The Labute approximate surface area is 121 Å². The number of aliphatic imine (C=N–C) groups is 1. The van der Waals surface area contributed by atoms with Gasteiger partial charge in [0.2, 0.25) is 10.0 Å². The molecule has 1 rings (SSSR count). The Morgan fingerprint density at radius 1 is 1.50 bits per heavy atom. The summed E-state index contributed by atoms with van der Waals surface area (Å²) in [5.74, 6) is 0.586. The topological polar surface area (TPSA) is 106 Å². The summed E-state index contributed by atoms with van der Waals surface area (Å²) in [5.41, 5.74) is 5.80. The first-order chi connectivity index (χ1) is 9.31. The number of methoxy groups -OCH3 is 1. The van der Waals surface area contributed by atoms with Gasteiger partial charge in [-0.1, -0.05) is 6.42 Å². The summed E-state index contributed by atoms with van der Waals surface area (Å²) in [4.78, 5) is 4.30. The number of nitrogens with one attached hydrogen (secondary N) is 2. The Bertz CT molecular complexity index is 424. The zero-order valence-electron chi connectivity index (χ0n) is 12.4. The van der Waals surface area contributed by atoms with E-state index in [1.54, 1.807) is 7.11 Å². The fourth-order valence-electron chi connectivity index (χ4n) is 2.49. The lowest BCUT2D eigenvalue weighted by atomic mass is 10.1. The molecule has 0 saturated heterocycles. The molecule has 0 heterocycles. The standard InChI is InChI=1S/C12H26N4O3S/c1-9(8-19-2)15-12(13)14-7-10-5-4-6-11(10)16-20(3,17)18/h9-11,16H,4-8H2,1-3H3,(H3,13,14,15). The molecule has 3 unspecified atom stereocenters. The van der Waals surface area contributed by atoms with Gasteiger partial charge in [0.1, 0.15) is 0 Å². The van der Waals surface area contributed by atoms with Gasteiger partial charge in [-0.2, -0.15) is 0 Å². The lowest BCUT2D eigenvalue weighted by molar-refractivity contribution is 0.179. The molecule has 0 aromatic carbocycles. The van der Waals surface area contributed by atoms with E-state index in [0.29, 0.717) is 19.1 Å². The smallest absolute Gasteiger partial charge is 0.208 e. The molecule has 118 valence electrons. The number of nitrogens with two attached hydrogens (primary N) is 1. The van der Waals surface area contributed by atoms with Crippen LogP contribution in [0.15, 0.2) is 4.99 Å². The van der Waals surface area contributed by atoms with Gasteiger partial charge in [-0.05, 0) is 25.7 Å². The number of hydrogen-bond acceptors (Lipinski definition) is 4. The number of nitrogens with zero attached hydrogens (tertiary/aromatic N) is 1. The third kappa shape index (κ3) is 6.53. The van der Waals surface area contributed by atoms with Crippen LogP contribution >= 0.6 is 0 Å². The van der Waals surface area contributed by atoms with Crippen LogP contribution in [0.2, 0.25) is 0 Å². The van der Waals surface area contributed by atoms with Gasteiger partial charge in [-0.3, -0.25) is 4.99 Å². The summed E-state index contributed by atoms with van der Waals surface area (Å²) < 4.78 is 30.3. The van der Waals surface area contributed by atoms with Crippen molar-refractivity contribution in [3.05, 3.63) is 0 Å². The lowest BCUT2D eigenvalue weighted by Crippen LogP contribution is -2.42. The van der Waals surface area contributed by atoms with Crippen LogP contribution in [-0.4, -0.2) is 53.0 Å². The molecule has 0 aromatic heterocycles. The maximum absolute atomic E-state index is 11.3. The fraction of sp³-hybridized carbons (Fsp3) is 0.917. The summed E-state index contributed by atoms with van der Waals surface area (Å²) in [5, 5.41) is 3.03. The summed E-state index contributed by atoms with van der Waals surface area (Å²) in [7, 11) is -1.54. The molecule has 8 heteroatoms. The van der Waals surface area contributed by atoms with Crippen LogP contribution in [0.25, 0.3) is 0 Å². The number of guanidine groups is 1. The summed E-state index contributed by atoms with van der Waals surface area (Å²) in [6.45, 7) is 3.04. The minimum absolute atomic E-state index is 0.0297. The molecule has 3 atom stereocenters. The number of rotatable bonds is 7. The molecule has 0 spiro atoms. The molecule has 0 amide bonds. The van der Waals surface area contributed by atoms with Gasteiger partial charge < -0.3 is 15.8 Å². The second-order valence-corrected chi connectivity index (χ2v) is 7.19. The van der Waals surface area contributed by atoms with E-state index in [9.17, 15) is 8.42 Å². The number of sulfonamides is 1. The molecular weight excluding hydrogens is 280 g/mol. The van der Waals surface area contributed by atoms with Crippen molar-refractivity contribution >= 4 is 16.0 Å². The highest BCUT2D eigenvalue weighted by Crippen LogP contribution is 2.26. The fourth-order valence-corrected chi connectivity index (χ4v) is 3.35. The first-order valence-corrected chi connectivity index (χ1v) is 8.73. The molecule has 0 aromatic rings. The largest absolute Gasteiger partial charge is 0.383 e. The molecule has 4 N–H and O–H groups in total. The van der Waals surface area contributed by atoms with Crippen molar-refractivity contribution in [2.45, 2.75) is 38.3 Å². The van der Waals surface area contributed by atoms with Gasteiger partial charge in [0.05, 0.1) is 12.9 Å². The van der Waals surface area contributed by atoms with E-state index in [-0.39, 0.29) is 18.0 Å². The predicted octanol–water partition coefficient (Wildman–Crippen LogP) is -0.356. The Kier molecular flexibility index (Phi) is 6.70. The Hall–Kier alpha value is -0.860. The van der Waals surface area contributed by atoms with Gasteiger partial charge in [-0.15, -0.1) is 0 Å². The van der Waals surface area contributed by atoms with Crippen molar-refractivity contribution in [2.24, 2.45) is 16.6 Å².